The average Bonchev–Trinajstić information content (AvgIpc) is 3.54. The van der Waals surface area contributed by atoms with Gasteiger partial charge in [0.25, 0.3) is 0 Å². The van der Waals surface area contributed by atoms with E-state index in [1.54, 1.807) is 68.1 Å². The number of hydrogen-bond donors (Lipinski definition) is 2. The van der Waals surface area contributed by atoms with Crippen LogP contribution in [0.2, 0.25) is 0 Å². The Bertz CT molecular complexity index is 1610. The molecule has 2 N–H and O–H groups in total. The van der Waals surface area contributed by atoms with Gasteiger partial charge in [-0.05, 0) is 96.8 Å². The predicted molar refractivity (Wildman–Crippen MR) is 181 cm³/mol. The summed E-state index contributed by atoms with van der Waals surface area (Å²) in [6.45, 7) is 8.65. The van der Waals surface area contributed by atoms with Gasteiger partial charge in [-0.1, -0.05) is 33.6 Å². The van der Waals surface area contributed by atoms with Crippen LogP contribution in [0.1, 0.15) is 61.7 Å². The van der Waals surface area contributed by atoms with Crippen LogP contribution in [0.15, 0.2) is 73.1 Å². The van der Waals surface area contributed by atoms with E-state index in [9.17, 15) is 15.6 Å². The number of ether oxygens (including phenoxy) is 3. The van der Waals surface area contributed by atoms with Gasteiger partial charge in [-0.25, -0.2) is 4.98 Å². The first-order valence-corrected chi connectivity index (χ1v) is 14.6. The minimum absolute atomic E-state index is 0.122. The maximum atomic E-state index is 9.72. The molecule has 0 aliphatic rings. The fraction of sp³-hybridized carbons (Fsp3) is 0.270. The van der Waals surface area contributed by atoms with E-state index in [2.05, 4.69) is 42.9 Å². The lowest BCUT2D eigenvalue weighted by Crippen LogP contribution is -1.94. The molecule has 0 radical (unpaired) electrons. The smallest absolute Gasteiger partial charge is 0.126 e. The molecule has 0 aliphatic heterocycles. The van der Waals surface area contributed by atoms with Crippen LogP contribution in [0.3, 0.4) is 0 Å². The molecule has 0 spiro atoms. The molecule has 4 aromatic rings. The highest BCUT2D eigenvalue weighted by molar-refractivity contribution is 5.93. The third-order valence-corrected chi connectivity index (χ3v) is 6.50. The summed E-state index contributed by atoms with van der Waals surface area (Å²) < 4.78 is 16.3. The molecule has 45 heavy (non-hydrogen) atoms. The molecule has 3 aromatic carbocycles. The molecule has 1 heterocycles. The van der Waals surface area contributed by atoms with E-state index in [1.807, 2.05) is 19.1 Å². The third kappa shape index (κ3) is 11.6. The molecule has 0 aliphatic carbocycles. The highest BCUT2D eigenvalue weighted by Gasteiger charge is 2.12. The van der Waals surface area contributed by atoms with Gasteiger partial charge in [0.1, 0.15) is 28.8 Å². The average molecular weight is 607 g/mol. The number of aromatic nitrogens is 2. The number of allylic oxidation sites excluding steroid dienone is 2. The van der Waals surface area contributed by atoms with Crippen molar-refractivity contribution in [3.8, 4) is 35.1 Å². The summed E-state index contributed by atoms with van der Waals surface area (Å²) in [6, 6.07) is 21.5. The fourth-order valence-electron chi connectivity index (χ4n) is 4.17. The molecule has 0 amide bonds. The fourth-order valence-corrected chi connectivity index (χ4v) is 4.17. The maximum absolute atomic E-state index is 9.72. The van der Waals surface area contributed by atoms with Crippen molar-refractivity contribution < 1.29 is 19.3 Å². The number of imidazole rings is 1. The van der Waals surface area contributed by atoms with Gasteiger partial charge >= 0.3 is 0 Å². The summed E-state index contributed by atoms with van der Waals surface area (Å²) >= 11 is 0. The highest BCUT2D eigenvalue weighted by atomic mass is 16.5. The quantitative estimate of drug-likeness (QED) is 0.144. The number of hydrogen-bond acceptors (Lipinski definition) is 7. The van der Waals surface area contributed by atoms with Crippen molar-refractivity contribution in [2.45, 2.75) is 40.5 Å². The Morgan fingerprint density at radius 3 is 1.62 bits per heavy atom. The van der Waals surface area contributed by atoms with Crippen LogP contribution in [0.5, 0.6) is 23.0 Å². The Morgan fingerprint density at radius 1 is 0.844 bits per heavy atom. The lowest BCUT2D eigenvalue weighted by atomic mass is 9.99. The lowest BCUT2D eigenvalue weighted by Gasteiger charge is -2.12. The minimum Gasteiger partial charge on any atom is -0.508 e. The van der Waals surface area contributed by atoms with Gasteiger partial charge in [0.05, 0.1) is 44.6 Å². The number of phenolic OH excluding ortho intramolecular Hbond substituents is 1. The van der Waals surface area contributed by atoms with Gasteiger partial charge in [-0.15, -0.1) is 0 Å². The Morgan fingerprint density at radius 2 is 1.33 bits per heavy atom. The molecule has 0 bridgehead atoms. The zero-order valence-corrected chi connectivity index (χ0v) is 27.1. The van der Waals surface area contributed by atoms with E-state index in [0.717, 1.165) is 17.3 Å². The Labute approximate surface area is 266 Å². The molecular weight excluding hydrogens is 564 g/mol. The maximum Gasteiger partial charge on any atom is 0.126 e. The molecule has 0 unspecified atom stereocenters. The zero-order valence-electron chi connectivity index (χ0n) is 27.1. The summed E-state index contributed by atoms with van der Waals surface area (Å²) in [5.41, 5.74) is 3.53. The summed E-state index contributed by atoms with van der Waals surface area (Å²) in [5, 5.41) is 28.9. The van der Waals surface area contributed by atoms with Crippen molar-refractivity contribution in [3.05, 3.63) is 101 Å². The largest absolute Gasteiger partial charge is 0.508 e. The second-order valence-corrected chi connectivity index (χ2v) is 10.3. The van der Waals surface area contributed by atoms with Crippen molar-refractivity contribution in [3.63, 3.8) is 0 Å². The molecular formula is C37H42N4O4. The number of methoxy groups -OCH3 is 3. The first-order valence-electron chi connectivity index (χ1n) is 14.6. The highest BCUT2D eigenvalue weighted by Crippen LogP contribution is 2.34. The summed E-state index contributed by atoms with van der Waals surface area (Å²) in [5.74, 6) is 3.72. The van der Waals surface area contributed by atoms with E-state index in [1.165, 1.54) is 39.2 Å². The van der Waals surface area contributed by atoms with Crippen LogP contribution < -0.4 is 14.2 Å². The minimum atomic E-state index is 0.122. The third-order valence-electron chi connectivity index (χ3n) is 6.50. The molecule has 1 aromatic heterocycles. The van der Waals surface area contributed by atoms with E-state index < -0.39 is 0 Å². The molecule has 8 heteroatoms. The van der Waals surface area contributed by atoms with Crippen LogP contribution in [-0.4, -0.2) is 36.4 Å². The van der Waals surface area contributed by atoms with Crippen LogP contribution >= 0.6 is 0 Å². The molecule has 0 atom stereocenters. The lowest BCUT2D eigenvalue weighted by molar-refractivity contribution is 0.401. The summed E-state index contributed by atoms with van der Waals surface area (Å²) in [7, 11) is 4.66. The number of phenols is 1. The van der Waals surface area contributed by atoms with Crippen molar-refractivity contribution in [2.75, 3.05) is 21.3 Å². The Hall–Kier alpha value is -5.47. The topological polar surface area (TPSA) is 124 Å². The summed E-state index contributed by atoms with van der Waals surface area (Å²) in [6.07, 6.45) is 9.65. The number of nitrogens with zero attached hydrogens (tertiary/aromatic N) is 3. The van der Waals surface area contributed by atoms with E-state index >= 15 is 0 Å². The summed E-state index contributed by atoms with van der Waals surface area (Å²) in [4.78, 5) is 6.75. The predicted octanol–water partition coefficient (Wildman–Crippen LogP) is 8.71. The SMILES string of the molecule is CCCC(C)C.COc1ccc(/C(C#N)=C/c2cc(OC)c(/C=C(\C#N)c3ccc(O)cc3)cc2OC)cc1.Cc1ncc[nH]1. The molecule has 8 nitrogen and oxygen atoms in total. The first-order chi connectivity index (χ1) is 21.7. The van der Waals surface area contributed by atoms with E-state index in [0.29, 0.717) is 45.1 Å². The first kappa shape index (κ1) is 35.7. The zero-order chi connectivity index (χ0) is 33.2. The van der Waals surface area contributed by atoms with Gasteiger partial charge in [0.15, 0.2) is 0 Å². The second kappa shape index (κ2) is 18.9. The number of aryl methyl sites for hydroxylation is 1. The van der Waals surface area contributed by atoms with Crippen molar-refractivity contribution in [2.24, 2.45) is 5.92 Å². The molecule has 0 saturated heterocycles. The molecule has 0 fully saturated rings. The number of rotatable bonds is 9. The van der Waals surface area contributed by atoms with Gasteiger partial charge in [-0.3, -0.25) is 0 Å². The van der Waals surface area contributed by atoms with Crippen LogP contribution in [0.4, 0.5) is 0 Å². The van der Waals surface area contributed by atoms with Crippen molar-refractivity contribution in [1.29, 1.82) is 10.5 Å². The van der Waals surface area contributed by atoms with Gasteiger partial charge < -0.3 is 24.3 Å². The van der Waals surface area contributed by atoms with Crippen molar-refractivity contribution in [1.82, 2.24) is 9.97 Å². The van der Waals surface area contributed by atoms with Gasteiger partial charge in [0.2, 0.25) is 0 Å². The normalized spacial score (nSPS) is 10.8. The number of benzene rings is 3. The van der Waals surface area contributed by atoms with Crippen LogP contribution in [-0.2, 0) is 0 Å². The number of aromatic amines is 1. The number of nitriles is 2. The van der Waals surface area contributed by atoms with Gasteiger partial charge in [0, 0.05) is 23.5 Å². The van der Waals surface area contributed by atoms with E-state index in [-0.39, 0.29) is 5.75 Å². The van der Waals surface area contributed by atoms with Crippen molar-refractivity contribution >= 4 is 23.3 Å². The Balaban J connectivity index is 0.000000490. The van der Waals surface area contributed by atoms with Crippen LogP contribution in [0, 0.1) is 35.5 Å². The molecule has 234 valence electrons. The monoisotopic (exact) mass is 606 g/mol. The second-order valence-electron chi connectivity index (χ2n) is 10.3. The standard InChI is InChI=1S/C27H22N2O4.C6H14.C4H6N2/c1-31-25-10-6-19(7-11-25)23(17-29)13-21-15-26(32-2)20(14-27(21)33-3)12-22(16-28)18-4-8-24(30)9-5-18;1-4-5-6(2)3;1-4-5-2-3-6-4/h4-15,30H,1-3H3;6H,4-5H2,1-3H3;2-3H,1H3,(H,5,6)/b22-12+,23-13+;;. The van der Waals surface area contributed by atoms with E-state index in [4.69, 9.17) is 14.2 Å². The number of H-pyrrole nitrogens is 1. The molecule has 4 rings (SSSR count). The Kier molecular flexibility index (Phi) is 15.0. The van der Waals surface area contributed by atoms with Gasteiger partial charge in [-0.2, -0.15) is 10.5 Å². The molecule has 0 saturated carbocycles. The van der Waals surface area contributed by atoms with Crippen LogP contribution in [0.25, 0.3) is 23.3 Å². The number of nitrogens with one attached hydrogen (secondary N) is 1. The number of aromatic hydroxyl groups is 1.